The molecule has 3 rings (SSSR count). The predicted molar refractivity (Wildman–Crippen MR) is 166 cm³/mol. The zero-order valence-corrected chi connectivity index (χ0v) is 27.6. The van der Waals surface area contributed by atoms with E-state index in [1.54, 1.807) is 33.9 Å². The molecule has 2 aromatic rings. The van der Waals surface area contributed by atoms with Crippen molar-refractivity contribution in [2.75, 3.05) is 33.3 Å². The van der Waals surface area contributed by atoms with E-state index in [4.69, 9.17) is 27.9 Å². The fraction of sp³-hybridized carbons (Fsp3) is 0.594. The predicted octanol–water partition coefficient (Wildman–Crippen LogP) is 4.81. The Balaban J connectivity index is 1.61. The Morgan fingerprint density at radius 3 is 2.16 bits per heavy atom. The highest BCUT2D eigenvalue weighted by Gasteiger charge is 2.51. The molecule has 1 aromatic heterocycles. The zero-order valence-electron chi connectivity index (χ0n) is 27.6. The van der Waals surface area contributed by atoms with Gasteiger partial charge >= 0.3 is 19.2 Å². The van der Waals surface area contributed by atoms with Gasteiger partial charge in [-0.3, -0.25) is 9.59 Å². The number of rotatable bonds is 13. The summed E-state index contributed by atoms with van der Waals surface area (Å²) in [6.07, 6.45) is 1.07. The first kappa shape index (κ1) is 35.0. The molecule has 44 heavy (non-hydrogen) atoms. The number of esters is 1. The average molecular weight is 615 g/mol. The first-order chi connectivity index (χ1) is 20.5. The molecule has 11 nitrogen and oxygen atoms in total. The van der Waals surface area contributed by atoms with Gasteiger partial charge in [0.15, 0.2) is 5.76 Å². The fourth-order valence-electron chi connectivity index (χ4n) is 4.07. The molecule has 1 fully saturated rings. The number of furan rings is 1. The molecule has 0 unspecified atom stereocenters. The molecule has 1 saturated heterocycles. The van der Waals surface area contributed by atoms with Gasteiger partial charge in [-0.2, -0.15) is 0 Å². The molecule has 1 aliphatic heterocycles. The van der Waals surface area contributed by atoms with Crippen molar-refractivity contribution in [3.8, 4) is 5.75 Å². The lowest BCUT2D eigenvalue weighted by molar-refractivity contribution is -0.144. The molecule has 0 N–H and O–H groups in total. The van der Waals surface area contributed by atoms with Crippen LogP contribution in [0.1, 0.15) is 84.5 Å². The number of ether oxygens (including phenoxy) is 3. The number of carbonyl (C=O) groups excluding carboxylic acids is 3. The van der Waals surface area contributed by atoms with Gasteiger partial charge in [0.25, 0.3) is 5.91 Å². The molecule has 12 heteroatoms. The maximum absolute atomic E-state index is 13.4. The number of nitrogens with zero attached hydrogens (tertiary/aromatic N) is 2. The fourth-order valence-corrected chi connectivity index (χ4v) is 4.07. The highest BCUT2D eigenvalue weighted by molar-refractivity contribution is 6.62. The van der Waals surface area contributed by atoms with E-state index in [1.165, 1.54) is 15.9 Å². The van der Waals surface area contributed by atoms with Gasteiger partial charge < -0.3 is 37.7 Å². The van der Waals surface area contributed by atoms with Crippen molar-refractivity contribution < 1.29 is 42.3 Å². The standard InChI is InChI=1S/C32H47BN2O9/c1-10-11-20-39-27(36)21-35(19-18-34(9)29(38)42-30(2,3)4)28(37)26-17-16-25(41-26)22-40-24-14-12-23(13-15-24)33-43-31(5,6)32(7,8)44-33/h12-17H,10-11,18-22H2,1-9H3. The molecule has 0 atom stereocenters. The van der Waals surface area contributed by atoms with E-state index in [2.05, 4.69) is 0 Å². The maximum atomic E-state index is 13.4. The van der Waals surface area contributed by atoms with Gasteiger partial charge in [-0.25, -0.2) is 4.79 Å². The van der Waals surface area contributed by atoms with Gasteiger partial charge in [-0.15, -0.1) is 0 Å². The van der Waals surface area contributed by atoms with Crippen molar-refractivity contribution in [2.45, 2.75) is 91.6 Å². The second kappa shape index (κ2) is 14.5. The van der Waals surface area contributed by atoms with E-state index in [0.29, 0.717) is 11.5 Å². The van der Waals surface area contributed by atoms with Crippen LogP contribution in [0.25, 0.3) is 0 Å². The summed E-state index contributed by atoms with van der Waals surface area (Å²) < 4.78 is 34.5. The van der Waals surface area contributed by atoms with Crippen LogP contribution in [0.4, 0.5) is 4.79 Å². The van der Waals surface area contributed by atoms with Gasteiger partial charge in [-0.1, -0.05) is 25.5 Å². The molecule has 1 aliphatic rings. The number of likely N-dealkylation sites (N-methyl/N-ethyl adjacent to an activating group) is 1. The van der Waals surface area contributed by atoms with Crippen molar-refractivity contribution in [1.82, 2.24) is 9.80 Å². The third-order valence-electron chi connectivity index (χ3n) is 7.44. The first-order valence-corrected chi connectivity index (χ1v) is 15.1. The molecule has 0 aliphatic carbocycles. The number of benzene rings is 1. The Morgan fingerprint density at radius 1 is 0.932 bits per heavy atom. The topological polar surface area (TPSA) is 117 Å². The van der Waals surface area contributed by atoms with Crippen LogP contribution in [-0.4, -0.2) is 85.0 Å². The van der Waals surface area contributed by atoms with E-state index in [9.17, 15) is 14.4 Å². The Kier molecular flexibility index (Phi) is 11.5. The minimum absolute atomic E-state index is 0.0426. The van der Waals surface area contributed by atoms with Crippen LogP contribution < -0.4 is 10.2 Å². The van der Waals surface area contributed by atoms with E-state index in [-0.39, 0.29) is 38.6 Å². The monoisotopic (exact) mass is 614 g/mol. The summed E-state index contributed by atoms with van der Waals surface area (Å²) in [7, 11) is 1.10. The molecule has 242 valence electrons. The maximum Gasteiger partial charge on any atom is 0.494 e. The van der Waals surface area contributed by atoms with Crippen molar-refractivity contribution in [2.24, 2.45) is 0 Å². The van der Waals surface area contributed by atoms with Gasteiger partial charge in [0.05, 0.1) is 17.8 Å². The van der Waals surface area contributed by atoms with Crippen molar-refractivity contribution in [1.29, 1.82) is 0 Å². The average Bonchev–Trinajstić information content (AvgIpc) is 3.49. The van der Waals surface area contributed by atoms with Gasteiger partial charge in [0.1, 0.15) is 30.3 Å². The van der Waals surface area contributed by atoms with E-state index < -0.39 is 41.9 Å². The molecular formula is C32H47BN2O9. The summed E-state index contributed by atoms with van der Waals surface area (Å²) in [5.41, 5.74) is -0.640. The number of carbonyl (C=O) groups is 3. The van der Waals surface area contributed by atoms with Crippen LogP contribution in [0.5, 0.6) is 5.75 Å². The van der Waals surface area contributed by atoms with Crippen molar-refractivity contribution >= 4 is 30.6 Å². The Morgan fingerprint density at radius 2 is 1.57 bits per heavy atom. The first-order valence-electron chi connectivity index (χ1n) is 15.1. The Hall–Kier alpha value is -3.51. The minimum Gasteiger partial charge on any atom is -0.486 e. The molecule has 0 radical (unpaired) electrons. The Bertz CT molecular complexity index is 1250. The van der Waals surface area contributed by atoms with Crippen LogP contribution in [0.3, 0.4) is 0 Å². The minimum atomic E-state index is -0.661. The SMILES string of the molecule is CCCCOC(=O)CN(CCN(C)C(=O)OC(C)(C)C)C(=O)c1ccc(COc2ccc(B3OC(C)(C)C(C)(C)O3)cc2)o1. The lowest BCUT2D eigenvalue weighted by Crippen LogP contribution is -2.43. The van der Waals surface area contributed by atoms with Crippen LogP contribution in [0, 0.1) is 0 Å². The van der Waals surface area contributed by atoms with Crippen LogP contribution in [0.2, 0.25) is 0 Å². The quantitative estimate of drug-likeness (QED) is 0.178. The summed E-state index contributed by atoms with van der Waals surface area (Å²) in [6, 6.07) is 10.6. The van der Waals surface area contributed by atoms with Crippen LogP contribution in [0.15, 0.2) is 40.8 Å². The highest BCUT2D eigenvalue weighted by Crippen LogP contribution is 2.36. The number of hydrogen-bond acceptors (Lipinski definition) is 9. The van der Waals surface area contributed by atoms with Crippen molar-refractivity contribution in [3.05, 3.63) is 47.9 Å². The zero-order chi connectivity index (χ0) is 32.7. The van der Waals surface area contributed by atoms with Gasteiger partial charge in [0, 0.05) is 20.1 Å². The molecule has 0 spiro atoms. The Labute approximate surface area is 261 Å². The number of amides is 2. The van der Waals surface area contributed by atoms with E-state index in [0.717, 1.165) is 18.3 Å². The van der Waals surface area contributed by atoms with E-state index >= 15 is 0 Å². The number of hydrogen-bond donors (Lipinski definition) is 0. The van der Waals surface area contributed by atoms with E-state index in [1.807, 2.05) is 58.9 Å². The number of unbranched alkanes of at least 4 members (excludes halogenated alkanes) is 1. The molecule has 2 heterocycles. The summed E-state index contributed by atoms with van der Waals surface area (Å²) in [6.45, 7) is 15.6. The summed E-state index contributed by atoms with van der Waals surface area (Å²) in [4.78, 5) is 40.9. The normalized spacial score (nSPS) is 15.5. The summed E-state index contributed by atoms with van der Waals surface area (Å²) >= 11 is 0. The van der Waals surface area contributed by atoms with Crippen LogP contribution in [-0.2, 0) is 30.2 Å². The lowest BCUT2D eigenvalue weighted by Gasteiger charge is -2.32. The van der Waals surface area contributed by atoms with Crippen LogP contribution >= 0.6 is 0 Å². The molecule has 0 bridgehead atoms. The third-order valence-corrected chi connectivity index (χ3v) is 7.44. The van der Waals surface area contributed by atoms with Crippen molar-refractivity contribution in [3.63, 3.8) is 0 Å². The molecule has 0 saturated carbocycles. The smallest absolute Gasteiger partial charge is 0.486 e. The lowest BCUT2D eigenvalue weighted by atomic mass is 9.79. The second-order valence-corrected chi connectivity index (χ2v) is 12.9. The largest absolute Gasteiger partial charge is 0.494 e. The van der Waals surface area contributed by atoms with Gasteiger partial charge in [0.2, 0.25) is 0 Å². The molecular weight excluding hydrogens is 567 g/mol. The highest BCUT2D eigenvalue weighted by atomic mass is 16.7. The molecule has 1 aromatic carbocycles. The van der Waals surface area contributed by atoms with Gasteiger partial charge in [-0.05, 0) is 84.6 Å². The second-order valence-electron chi connectivity index (χ2n) is 12.9. The summed E-state index contributed by atoms with van der Waals surface area (Å²) in [5.74, 6) is 0.0377. The summed E-state index contributed by atoms with van der Waals surface area (Å²) in [5, 5.41) is 0. The molecule has 2 amide bonds. The third kappa shape index (κ3) is 9.75.